The molecule has 2 rings (SSSR count). The van der Waals surface area contributed by atoms with Crippen LogP contribution >= 0.6 is 0 Å². The monoisotopic (exact) mass is 390 g/mol. The SMILES string of the molecule is CCC(=O)Nc1ccc(C(=O)NCCNC(=O)Nc2ccc(F)c(F)c2)cc1. The molecule has 4 N–H and O–H groups in total. The summed E-state index contributed by atoms with van der Waals surface area (Å²) < 4.78 is 25.9. The maximum atomic E-state index is 13.1. The van der Waals surface area contributed by atoms with E-state index in [2.05, 4.69) is 21.3 Å². The van der Waals surface area contributed by atoms with Crippen LogP contribution < -0.4 is 21.3 Å². The number of carbonyl (C=O) groups is 3. The molecule has 0 atom stereocenters. The summed E-state index contributed by atoms with van der Waals surface area (Å²) in [4.78, 5) is 35.0. The molecule has 0 aliphatic heterocycles. The highest BCUT2D eigenvalue weighted by molar-refractivity contribution is 5.95. The molecule has 7 nitrogen and oxygen atoms in total. The highest BCUT2D eigenvalue weighted by Crippen LogP contribution is 2.13. The van der Waals surface area contributed by atoms with E-state index in [1.165, 1.54) is 6.07 Å². The molecule has 0 aliphatic carbocycles. The smallest absolute Gasteiger partial charge is 0.319 e. The van der Waals surface area contributed by atoms with Crippen molar-refractivity contribution in [3.8, 4) is 0 Å². The van der Waals surface area contributed by atoms with Crippen molar-refractivity contribution in [1.29, 1.82) is 0 Å². The summed E-state index contributed by atoms with van der Waals surface area (Å²) in [6, 6.07) is 8.77. The van der Waals surface area contributed by atoms with E-state index in [1.807, 2.05) is 0 Å². The lowest BCUT2D eigenvalue weighted by molar-refractivity contribution is -0.115. The minimum absolute atomic E-state index is 0.107. The normalized spacial score (nSPS) is 10.1. The van der Waals surface area contributed by atoms with Gasteiger partial charge in [-0.25, -0.2) is 13.6 Å². The summed E-state index contributed by atoms with van der Waals surface area (Å²) >= 11 is 0. The number of anilines is 2. The Hall–Kier alpha value is -3.49. The van der Waals surface area contributed by atoms with Crippen molar-refractivity contribution in [2.45, 2.75) is 13.3 Å². The predicted octanol–water partition coefficient (Wildman–Crippen LogP) is 2.86. The third-order valence-electron chi connectivity index (χ3n) is 3.63. The molecule has 28 heavy (non-hydrogen) atoms. The van der Waals surface area contributed by atoms with E-state index >= 15 is 0 Å². The second kappa shape index (κ2) is 10.0. The van der Waals surface area contributed by atoms with Crippen LogP contribution in [0.2, 0.25) is 0 Å². The Morgan fingerprint density at radius 1 is 0.821 bits per heavy atom. The molecule has 9 heteroatoms. The molecular weight excluding hydrogens is 370 g/mol. The number of nitrogens with one attached hydrogen (secondary N) is 4. The Kier molecular flexibility index (Phi) is 7.44. The zero-order chi connectivity index (χ0) is 20.5. The third-order valence-corrected chi connectivity index (χ3v) is 3.63. The molecule has 2 aromatic rings. The molecule has 0 saturated carbocycles. The van der Waals surface area contributed by atoms with E-state index in [1.54, 1.807) is 31.2 Å². The lowest BCUT2D eigenvalue weighted by Gasteiger charge is -2.09. The van der Waals surface area contributed by atoms with Crippen molar-refractivity contribution in [1.82, 2.24) is 10.6 Å². The summed E-state index contributed by atoms with van der Waals surface area (Å²) in [5, 5.41) is 10.1. The van der Waals surface area contributed by atoms with Crippen LogP contribution in [-0.4, -0.2) is 30.9 Å². The topological polar surface area (TPSA) is 99.3 Å². The van der Waals surface area contributed by atoms with Crippen LogP contribution in [0.25, 0.3) is 0 Å². The van der Waals surface area contributed by atoms with Crippen molar-refractivity contribution in [3.05, 3.63) is 59.7 Å². The van der Waals surface area contributed by atoms with Crippen LogP contribution in [0.3, 0.4) is 0 Å². The van der Waals surface area contributed by atoms with Crippen LogP contribution in [0.15, 0.2) is 42.5 Å². The molecule has 0 saturated heterocycles. The number of amides is 4. The lowest BCUT2D eigenvalue weighted by Crippen LogP contribution is -2.36. The van der Waals surface area contributed by atoms with Crippen LogP contribution in [-0.2, 0) is 4.79 Å². The molecule has 0 aromatic heterocycles. The van der Waals surface area contributed by atoms with Gasteiger partial charge in [0.05, 0.1) is 0 Å². The van der Waals surface area contributed by atoms with Gasteiger partial charge in [-0.3, -0.25) is 9.59 Å². The first kappa shape index (κ1) is 20.8. The van der Waals surface area contributed by atoms with Gasteiger partial charge in [0.15, 0.2) is 11.6 Å². The number of carbonyl (C=O) groups excluding carboxylic acids is 3. The van der Waals surface area contributed by atoms with E-state index in [0.29, 0.717) is 17.7 Å². The van der Waals surface area contributed by atoms with Crippen LogP contribution in [0.5, 0.6) is 0 Å². The van der Waals surface area contributed by atoms with Crippen LogP contribution in [0.4, 0.5) is 25.0 Å². The maximum Gasteiger partial charge on any atom is 0.319 e. The fourth-order valence-corrected chi connectivity index (χ4v) is 2.16. The van der Waals surface area contributed by atoms with Gasteiger partial charge in [-0.15, -0.1) is 0 Å². The number of hydrogen-bond acceptors (Lipinski definition) is 3. The highest BCUT2D eigenvalue weighted by Gasteiger charge is 2.08. The minimum Gasteiger partial charge on any atom is -0.350 e. The van der Waals surface area contributed by atoms with Gasteiger partial charge in [0.1, 0.15) is 0 Å². The zero-order valence-corrected chi connectivity index (χ0v) is 15.1. The molecule has 148 valence electrons. The van der Waals surface area contributed by atoms with Gasteiger partial charge in [0.2, 0.25) is 5.91 Å². The van der Waals surface area contributed by atoms with Crippen molar-refractivity contribution >= 4 is 29.2 Å². The Morgan fingerprint density at radius 3 is 2.11 bits per heavy atom. The lowest BCUT2D eigenvalue weighted by atomic mass is 10.2. The van der Waals surface area contributed by atoms with Crippen LogP contribution in [0, 0.1) is 11.6 Å². The summed E-state index contributed by atoms with van der Waals surface area (Å²) in [5.74, 6) is -2.53. The van der Waals surface area contributed by atoms with Gasteiger partial charge >= 0.3 is 6.03 Å². The van der Waals surface area contributed by atoms with Gasteiger partial charge < -0.3 is 21.3 Å². The first-order valence-corrected chi connectivity index (χ1v) is 8.57. The van der Waals surface area contributed by atoms with Crippen molar-refractivity contribution < 1.29 is 23.2 Å². The first-order chi connectivity index (χ1) is 13.4. The predicted molar refractivity (Wildman–Crippen MR) is 101 cm³/mol. The average molecular weight is 390 g/mol. The maximum absolute atomic E-state index is 13.1. The highest BCUT2D eigenvalue weighted by atomic mass is 19.2. The number of urea groups is 1. The van der Waals surface area contributed by atoms with E-state index in [-0.39, 0.29) is 30.6 Å². The number of benzene rings is 2. The summed E-state index contributed by atoms with van der Waals surface area (Å²) in [6.07, 6.45) is 0.360. The van der Waals surface area contributed by atoms with Crippen molar-refractivity contribution in [3.63, 3.8) is 0 Å². The molecule has 0 fully saturated rings. The quantitative estimate of drug-likeness (QED) is 0.547. The van der Waals surface area contributed by atoms with Gasteiger partial charge in [-0.05, 0) is 36.4 Å². The summed E-state index contributed by atoms with van der Waals surface area (Å²) in [5.41, 5.74) is 1.11. The van der Waals surface area contributed by atoms with E-state index in [4.69, 9.17) is 0 Å². The fraction of sp³-hybridized carbons (Fsp3) is 0.211. The molecule has 0 bridgehead atoms. The molecular formula is C19H20F2N4O3. The van der Waals surface area contributed by atoms with Gasteiger partial charge in [0.25, 0.3) is 5.91 Å². The van der Waals surface area contributed by atoms with Crippen LogP contribution in [0.1, 0.15) is 23.7 Å². The van der Waals surface area contributed by atoms with E-state index < -0.39 is 17.7 Å². The van der Waals surface area contributed by atoms with Crippen molar-refractivity contribution in [2.24, 2.45) is 0 Å². The number of halogens is 2. The fourth-order valence-electron chi connectivity index (χ4n) is 2.16. The molecule has 0 radical (unpaired) electrons. The molecule has 0 spiro atoms. The van der Waals surface area contributed by atoms with Gasteiger partial charge in [-0.2, -0.15) is 0 Å². The third kappa shape index (κ3) is 6.35. The Morgan fingerprint density at radius 2 is 1.46 bits per heavy atom. The van der Waals surface area contributed by atoms with Crippen molar-refractivity contribution in [2.75, 3.05) is 23.7 Å². The first-order valence-electron chi connectivity index (χ1n) is 8.57. The Labute approximate surface area is 160 Å². The second-order valence-electron chi connectivity index (χ2n) is 5.74. The van der Waals surface area contributed by atoms with Gasteiger partial charge in [-0.1, -0.05) is 6.92 Å². The molecule has 4 amide bonds. The molecule has 0 heterocycles. The number of hydrogen-bond donors (Lipinski definition) is 4. The number of rotatable bonds is 7. The van der Waals surface area contributed by atoms with E-state index in [0.717, 1.165) is 12.1 Å². The zero-order valence-electron chi connectivity index (χ0n) is 15.1. The standard InChI is InChI=1S/C19H20F2N4O3/c1-2-17(26)24-13-5-3-12(4-6-13)18(27)22-9-10-23-19(28)25-14-7-8-15(20)16(21)11-14/h3-8,11H,2,9-10H2,1H3,(H,22,27)(H,24,26)(H2,23,25,28). The molecule has 2 aromatic carbocycles. The summed E-state index contributed by atoms with van der Waals surface area (Å²) in [7, 11) is 0. The Bertz CT molecular complexity index is 857. The van der Waals surface area contributed by atoms with Gasteiger partial charge in [0, 0.05) is 42.5 Å². The molecule has 0 aliphatic rings. The Balaban J connectivity index is 1.72. The largest absolute Gasteiger partial charge is 0.350 e. The molecule has 0 unspecified atom stereocenters. The summed E-state index contributed by atoms with van der Waals surface area (Å²) in [6.45, 7) is 2.04. The second-order valence-corrected chi connectivity index (χ2v) is 5.74. The minimum atomic E-state index is -1.06. The van der Waals surface area contributed by atoms with E-state index in [9.17, 15) is 23.2 Å². The average Bonchev–Trinajstić information content (AvgIpc) is 2.68.